The van der Waals surface area contributed by atoms with Crippen molar-refractivity contribution in [3.05, 3.63) is 33.6 Å². The first kappa shape index (κ1) is 9.78. The molecule has 2 N–H and O–H groups in total. The van der Waals surface area contributed by atoms with E-state index in [4.69, 9.17) is 28.9 Å². The van der Waals surface area contributed by atoms with Crippen molar-refractivity contribution in [1.29, 1.82) is 0 Å². The molecular weight excluding hydrogens is 200 g/mol. The summed E-state index contributed by atoms with van der Waals surface area (Å²) in [6.07, 6.45) is 0.562. The second kappa shape index (κ2) is 4.08. The Balaban J connectivity index is 3.05. The molecule has 0 aliphatic carbocycles. The zero-order chi connectivity index (χ0) is 9.14. The Hall–Kier alpha value is -0.310. The highest BCUT2D eigenvalue weighted by molar-refractivity contribution is 6.35. The second-order valence-electron chi connectivity index (χ2n) is 2.40. The molecule has 0 bridgehead atoms. The Bertz CT molecular complexity index is 289. The molecule has 0 aliphatic rings. The van der Waals surface area contributed by atoms with Crippen LogP contribution in [-0.4, -0.2) is 6.54 Å². The van der Waals surface area contributed by atoms with E-state index in [9.17, 15) is 4.39 Å². The molecule has 0 spiro atoms. The quantitative estimate of drug-likeness (QED) is 0.742. The lowest BCUT2D eigenvalue weighted by Crippen LogP contribution is -2.03. The molecule has 0 atom stereocenters. The summed E-state index contributed by atoms with van der Waals surface area (Å²) in [5, 5.41) is 0.507. The van der Waals surface area contributed by atoms with E-state index in [0.29, 0.717) is 23.6 Å². The summed E-state index contributed by atoms with van der Waals surface area (Å²) >= 11 is 11.3. The molecule has 1 nitrogen and oxygen atoms in total. The average molecular weight is 208 g/mol. The maximum absolute atomic E-state index is 12.9. The lowest BCUT2D eigenvalue weighted by molar-refractivity contribution is 0.626. The molecular formula is C8H8Cl2FN. The van der Waals surface area contributed by atoms with Crippen molar-refractivity contribution in [2.75, 3.05) is 6.54 Å². The van der Waals surface area contributed by atoms with Gasteiger partial charge in [0.2, 0.25) is 0 Å². The van der Waals surface area contributed by atoms with Gasteiger partial charge >= 0.3 is 0 Å². The van der Waals surface area contributed by atoms with Crippen LogP contribution in [0.4, 0.5) is 4.39 Å². The van der Waals surface area contributed by atoms with E-state index >= 15 is 0 Å². The van der Waals surface area contributed by atoms with Gasteiger partial charge in [-0.1, -0.05) is 23.2 Å². The maximum Gasteiger partial charge on any atom is 0.142 e. The summed E-state index contributed by atoms with van der Waals surface area (Å²) in [5.41, 5.74) is 6.00. The normalized spacial score (nSPS) is 10.3. The fourth-order valence-corrected chi connectivity index (χ4v) is 1.39. The van der Waals surface area contributed by atoms with Gasteiger partial charge in [-0.25, -0.2) is 4.39 Å². The largest absolute Gasteiger partial charge is 0.330 e. The van der Waals surface area contributed by atoms with Gasteiger partial charge in [0, 0.05) is 5.02 Å². The van der Waals surface area contributed by atoms with E-state index in [2.05, 4.69) is 0 Å². The van der Waals surface area contributed by atoms with Crippen LogP contribution in [0.15, 0.2) is 12.1 Å². The molecule has 0 radical (unpaired) electrons. The smallest absolute Gasteiger partial charge is 0.142 e. The highest BCUT2D eigenvalue weighted by Crippen LogP contribution is 2.24. The van der Waals surface area contributed by atoms with Crippen LogP contribution >= 0.6 is 23.2 Å². The Kier molecular flexibility index (Phi) is 3.32. The van der Waals surface area contributed by atoms with E-state index in [0.717, 1.165) is 0 Å². The molecule has 12 heavy (non-hydrogen) atoms. The predicted octanol–water partition coefficient (Wildman–Crippen LogP) is 2.63. The van der Waals surface area contributed by atoms with Gasteiger partial charge in [-0.15, -0.1) is 0 Å². The van der Waals surface area contributed by atoms with Gasteiger partial charge in [0.15, 0.2) is 0 Å². The van der Waals surface area contributed by atoms with E-state index < -0.39 is 5.82 Å². The van der Waals surface area contributed by atoms with Gasteiger partial charge in [0.25, 0.3) is 0 Å². The van der Waals surface area contributed by atoms with Crippen molar-refractivity contribution in [1.82, 2.24) is 0 Å². The zero-order valence-corrected chi connectivity index (χ0v) is 7.79. The maximum atomic E-state index is 12.9. The third kappa shape index (κ3) is 2.09. The van der Waals surface area contributed by atoms with Crippen molar-refractivity contribution in [2.24, 2.45) is 5.73 Å². The first-order valence-electron chi connectivity index (χ1n) is 3.48. The highest BCUT2D eigenvalue weighted by atomic mass is 35.5. The van der Waals surface area contributed by atoms with E-state index in [1.54, 1.807) is 0 Å². The topological polar surface area (TPSA) is 26.0 Å². The van der Waals surface area contributed by atoms with Crippen LogP contribution in [0.2, 0.25) is 10.0 Å². The lowest BCUT2D eigenvalue weighted by atomic mass is 10.1. The molecule has 4 heteroatoms. The fourth-order valence-electron chi connectivity index (χ4n) is 0.911. The molecule has 66 valence electrons. The molecule has 0 amide bonds. The summed E-state index contributed by atoms with van der Waals surface area (Å²) in [5.74, 6) is -0.454. The molecule has 0 saturated carbocycles. The summed E-state index contributed by atoms with van der Waals surface area (Å²) in [7, 11) is 0. The molecule has 1 aromatic rings. The van der Waals surface area contributed by atoms with E-state index in [1.165, 1.54) is 12.1 Å². The number of hydrogen-bond donors (Lipinski definition) is 1. The molecule has 0 unspecified atom stereocenters. The summed E-state index contributed by atoms with van der Waals surface area (Å²) in [4.78, 5) is 0. The van der Waals surface area contributed by atoms with Crippen molar-refractivity contribution >= 4 is 23.2 Å². The Morgan fingerprint density at radius 1 is 1.25 bits per heavy atom. The number of halogens is 3. The van der Waals surface area contributed by atoms with Gasteiger partial charge in [0.1, 0.15) is 5.82 Å². The van der Waals surface area contributed by atoms with E-state index in [1.807, 2.05) is 0 Å². The van der Waals surface area contributed by atoms with Crippen LogP contribution < -0.4 is 5.73 Å². The molecule has 0 saturated heterocycles. The van der Waals surface area contributed by atoms with Gasteiger partial charge in [0.05, 0.1) is 5.02 Å². The monoisotopic (exact) mass is 207 g/mol. The number of nitrogens with two attached hydrogens (primary N) is 1. The summed E-state index contributed by atoms with van der Waals surface area (Å²) < 4.78 is 12.9. The minimum atomic E-state index is -0.454. The molecule has 0 aliphatic heterocycles. The van der Waals surface area contributed by atoms with E-state index in [-0.39, 0.29) is 5.02 Å². The Morgan fingerprint density at radius 3 is 2.50 bits per heavy atom. The van der Waals surface area contributed by atoms with Crippen LogP contribution in [0.5, 0.6) is 0 Å². The fraction of sp³-hybridized carbons (Fsp3) is 0.250. The molecule has 0 heterocycles. The molecule has 1 rings (SSSR count). The summed E-state index contributed by atoms with van der Waals surface area (Å²) in [6.45, 7) is 0.445. The van der Waals surface area contributed by atoms with Gasteiger partial charge in [-0.05, 0) is 30.7 Å². The molecule has 1 aromatic carbocycles. The SMILES string of the molecule is NCCc1cc(F)c(Cl)cc1Cl. The number of hydrogen-bond acceptors (Lipinski definition) is 1. The van der Waals surface area contributed by atoms with Crippen LogP contribution in [-0.2, 0) is 6.42 Å². The standard InChI is InChI=1S/C8H8Cl2FN/c9-6-4-7(10)8(11)3-5(6)1-2-12/h3-4H,1-2,12H2. The highest BCUT2D eigenvalue weighted by Gasteiger charge is 2.05. The van der Waals surface area contributed by atoms with Crippen molar-refractivity contribution in [2.45, 2.75) is 6.42 Å². The minimum absolute atomic E-state index is 0.0424. The van der Waals surface area contributed by atoms with Crippen LogP contribution in [0.25, 0.3) is 0 Å². The third-order valence-corrected chi connectivity index (χ3v) is 2.14. The second-order valence-corrected chi connectivity index (χ2v) is 3.21. The summed E-state index contributed by atoms with van der Waals surface area (Å²) in [6, 6.07) is 2.71. The average Bonchev–Trinajstić information content (AvgIpc) is 2.01. The third-order valence-electron chi connectivity index (χ3n) is 1.50. The van der Waals surface area contributed by atoms with Crippen LogP contribution in [0.3, 0.4) is 0 Å². The van der Waals surface area contributed by atoms with Gasteiger partial charge in [-0.3, -0.25) is 0 Å². The Morgan fingerprint density at radius 2 is 1.92 bits per heavy atom. The van der Waals surface area contributed by atoms with Crippen molar-refractivity contribution in [3.63, 3.8) is 0 Å². The minimum Gasteiger partial charge on any atom is -0.330 e. The van der Waals surface area contributed by atoms with Gasteiger partial charge < -0.3 is 5.73 Å². The van der Waals surface area contributed by atoms with Crippen LogP contribution in [0.1, 0.15) is 5.56 Å². The first-order valence-corrected chi connectivity index (χ1v) is 4.24. The molecule has 0 fully saturated rings. The Labute approximate surface area is 80.3 Å². The zero-order valence-electron chi connectivity index (χ0n) is 6.28. The first-order chi connectivity index (χ1) is 5.65. The number of rotatable bonds is 2. The molecule has 0 aromatic heterocycles. The predicted molar refractivity (Wildman–Crippen MR) is 49.2 cm³/mol. The van der Waals surface area contributed by atoms with Gasteiger partial charge in [-0.2, -0.15) is 0 Å². The van der Waals surface area contributed by atoms with Crippen molar-refractivity contribution in [3.8, 4) is 0 Å². The lowest BCUT2D eigenvalue weighted by Gasteiger charge is -2.03. The van der Waals surface area contributed by atoms with Crippen LogP contribution in [0, 0.1) is 5.82 Å². The number of benzene rings is 1. The van der Waals surface area contributed by atoms with Crippen molar-refractivity contribution < 1.29 is 4.39 Å².